The number of anilines is 1. The minimum atomic E-state index is -0.250. The normalized spacial score (nSPS) is 21.4. The van der Waals surface area contributed by atoms with E-state index >= 15 is 0 Å². The molecule has 2 aliphatic heterocycles. The highest BCUT2D eigenvalue weighted by atomic mass is 16.5. The zero-order valence-electron chi connectivity index (χ0n) is 16.1. The van der Waals surface area contributed by atoms with Gasteiger partial charge < -0.3 is 19.8 Å². The molecule has 4 rings (SSSR count). The summed E-state index contributed by atoms with van der Waals surface area (Å²) in [6.07, 6.45) is 0. The second-order valence-electron chi connectivity index (χ2n) is 6.77. The molecule has 0 aliphatic carbocycles. The highest BCUT2D eigenvalue weighted by molar-refractivity contribution is 5.93. The van der Waals surface area contributed by atoms with Crippen LogP contribution in [0.3, 0.4) is 0 Å². The average molecular weight is 390 g/mol. The number of benzene rings is 1. The molecule has 0 amide bonds. The van der Waals surface area contributed by atoms with E-state index in [2.05, 4.69) is 51.3 Å². The van der Waals surface area contributed by atoms with Crippen molar-refractivity contribution in [3.8, 4) is 0 Å². The molecule has 3 heterocycles. The standard InChI is InChI=1S/C17H22N4O.2CH2O2/c1-12-15-5-3-4-6-16(15)17(19-18-12)21-8-13-7-20(2)14(9-21)11-22-10-13;2*2-1-3/h3-6,13-14H,7-11H2,1-2H3;2*1H,(H,2,3)/t13-,14+;;/m1../s1. The third-order valence-electron chi connectivity index (χ3n) is 4.90. The third-order valence-corrected chi connectivity index (χ3v) is 4.90. The van der Waals surface area contributed by atoms with Gasteiger partial charge in [0.2, 0.25) is 0 Å². The number of aromatic nitrogens is 2. The van der Waals surface area contributed by atoms with Crippen molar-refractivity contribution in [2.45, 2.75) is 13.0 Å². The molecule has 9 nitrogen and oxygen atoms in total. The Morgan fingerprint density at radius 1 is 1.04 bits per heavy atom. The van der Waals surface area contributed by atoms with Crippen LogP contribution >= 0.6 is 0 Å². The van der Waals surface area contributed by atoms with Gasteiger partial charge in [0, 0.05) is 36.3 Å². The summed E-state index contributed by atoms with van der Waals surface area (Å²) in [5.74, 6) is 1.55. The Hall–Kier alpha value is -2.78. The summed E-state index contributed by atoms with van der Waals surface area (Å²) in [7, 11) is 2.20. The summed E-state index contributed by atoms with van der Waals surface area (Å²) < 4.78 is 5.82. The molecule has 2 aliphatic rings. The maximum Gasteiger partial charge on any atom is 0.290 e. The number of fused-ring (bicyclic) bond motifs is 4. The number of rotatable bonds is 1. The van der Waals surface area contributed by atoms with Crippen molar-refractivity contribution in [2.75, 3.05) is 44.8 Å². The highest BCUT2D eigenvalue weighted by Crippen LogP contribution is 2.29. The Morgan fingerprint density at radius 2 is 1.68 bits per heavy atom. The Bertz CT molecular complexity index is 782. The fourth-order valence-electron chi connectivity index (χ4n) is 3.68. The van der Waals surface area contributed by atoms with Crippen molar-refractivity contribution < 1.29 is 24.5 Å². The number of likely N-dealkylation sites (N-methyl/N-ethyl adjacent to an activating group) is 1. The summed E-state index contributed by atoms with van der Waals surface area (Å²) in [5, 5.41) is 25.1. The predicted octanol–water partition coefficient (Wildman–Crippen LogP) is 1.11. The number of carboxylic acid groups (broad SMARTS) is 2. The predicted molar refractivity (Wildman–Crippen MR) is 105 cm³/mol. The Labute approximate surface area is 163 Å². The second-order valence-corrected chi connectivity index (χ2v) is 6.77. The van der Waals surface area contributed by atoms with Gasteiger partial charge in [-0.15, -0.1) is 5.10 Å². The molecule has 152 valence electrons. The van der Waals surface area contributed by atoms with E-state index in [1.807, 2.05) is 6.92 Å². The van der Waals surface area contributed by atoms with Gasteiger partial charge in [-0.05, 0) is 14.0 Å². The van der Waals surface area contributed by atoms with Crippen LogP contribution in [0.2, 0.25) is 0 Å². The lowest BCUT2D eigenvalue weighted by molar-refractivity contribution is -0.123. The van der Waals surface area contributed by atoms with Crippen molar-refractivity contribution in [3.05, 3.63) is 30.0 Å². The smallest absolute Gasteiger partial charge is 0.290 e. The molecule has 9 heteroatoms. The summed E-state index contributed by atoms with van der Waals surface area (Å²) >= 11 is 0. The van der Waals surface area contributed by atoms with Gasteiger partial charge in [-0.2, -0.15) is 5.10 Å². The molecule has 2 atom stereocenters. The van der Waals surface area contributed by atoms with Gasteiger partial charge in [-0.25, -0.2) is 0 Å². The van der Waals surface area contributed by atoms with E-state index in [1.54, 1.807) is 0 Å². The summed E-state index contributed by atoms with van der Waals surface area (Å²) in [4.78, 5) is 21.6. The largest absolute Gasteiger partial charge is 0.483 e. The number of carbonyl (C=O) groups is 2. The molecule has 1 aromatic heterocycles. The van der Waals surface area contributed by atoms with Crippen molar-refractivity contribution in [3.63, 3.8) is 0 Å². The van der Waals surface area contributed by atoms with Crippen LogP contribution in [-0.2, 0) is 14.3 Å². The van der Waals surface area contributed by atoms with Crippen LogP contribution in [0, 0.1) is 12.8 Å². The molecular weight excluding hydrogens is 364 g/mol. The summed E-state index contributed by atoms with van der Waals surface area (Å²) in [6.45, 7) is 6.21. The van der Waals surface area contributed by atoms with Crippen LogP contribution in [0.5, 0.6) is 0 Å². The van der Waals surface area contributed by atoms with Crippen LogP contribution in [0.25, 0.3) is 10.8 Å². The fraction of sp³-hybridized carbons (Fsp3) is 0.474. The first-order chi connectivity index (χ1) is 13.5. The Kier molecular flexibility index (Phi) is 8.09. The zero-order chi connectivity index (χ0) is 20.5. The molecule has 2 fully saturated rings. The number of aryl methyl sites for hydroxylation is 1. The maximum atomic E-state index is 8.36. The molecule has 2 bridgehead atoms. The maximum absolute atomic E-state index is 8.36. The van der Waals surface area contributed by atoms with Gasteiger partial charge in [-0.1, -0.05) is 24.3 Å². The molecule has 28 heavy (non-hydrogen) atoms. The molecule has 0 spiro atoms. The fourth-order valence-corrected chi connectivity index (χ4v) is 3.68. The Morgan fingerprint density at radius 3 is 2.36 bits per heavy atom. The molecule has 0 unspecified atom stereocenters. The van der Waals surface area contributed by atoms with E-state index in [9.17, 15) is 0 Å². The molecule has 2 aromatic rings. The van der Waals surface area contributed by atoms with Crippen LogP contribution in [0.4, 0.5) is 5.82 Å². The van der Waals surface area contributed by atoms with Crippen LogP contribution in [0.15, 0.2) is 24.3 Å². The van der Waals surface area contributed by atoms with E-state index in [1.165, 1.54) is 10.8 Å². The van der Waals surface area contributed by atoms with Gasteiger partial charge in [-0.3, -0.25) is 14.5 Å². The van der Waals surface area contributed by atoms with E-state index in [0.29, 0.717) is 12.0 Å². The van der Waals surface area contributed by atoms with Crippen molar-refractivity contribution >= 4 is 29.5 Å². The number of hydrogen-bond acceptors (Lipinski definition) is 7. The third kappa shape index (κ3) is 5.14. The van der Waals surface area contributed by atoms with Gasteiger partial charge in [0.05, 0.1) is 24.9 Å². The Balaban J connectivity index is 0.000000418. The quantitative estimate of drug-likeness (QED) is 0.691. The monoisotopic (exact) mass is 390 g/mol. The number of nitrogens with zero attached hydrogens (tertiary/aromatic N) is 4. The van der Waals surface area contributed by atoms with E-state index in [0.717, 1.165) is 44.4 Å². The van der Waals surface area contributed by atoms with E-state index in [-0.39, 0.29) is 12.9 Å². The number of hydrogen-bond donors (Lipinski definition) is 2. The van der Waals surface area contributed by atoms with E-state index in [4.69, 9.17) is 24.5 Å². The van der Waals surface area contributed by atoms with Crippen LogP contribution < -0.4 is 4.90 Å². The average Bonchev–Trinajstić information content (AvgIpc) is 2.92. The lowest BCUT2D eigenvalue weighted by Crippen LogP contribution is -2.42. The first-order valence-corrected chi connectivity index (χ1v) is 8.96. The molecular formula is C19H26N4O5. The highest BCUT2D eigenvalue weighted by Gasteiger charge is 2.32. The van der Waals surface area contributed by atoms with E-state index < -0.39 is 0 Å². The summed E-state index contributed by atoms with van der Waals surface area (Å²) in [6, 6.07) is 8.87. The summed E-state index contributed by atoms with van der Waals surface area (Å²) in [5.41, 5.74) is 0.995. The first kappa shape index (κ1) is 21.5. The number of ether oxygens (including phenoxy) is 1. The molecule has 1 aromatic carbocycles. The minimum Gasteiger partial charge on any atom is -0.483 e. The SMILES string of the molecule is Cc1nnc(N2C[C@@H]3COC[C@H](C2)N(C)C3)c2ccccc12.O=CO.O=CO. The van der Waals surface area contributed by atoms with Crippen molar-refractivity contribution in [1.82, 2.24) is 15.1 Å². The van der Waals surface area contributed by atoms with Gasteiger partial charge in [0.25, 0.3) is 12.9 Å². The first-order valence-electron chi connectivity index (χ1n) is 8.96. The van der Waals surface area contributed by atoms with Crippen LogP contribution in [-0.4, -0.2) is 84.2 Å². The molecule has 2 N–H and O–H groups in total. The minimum absolute atomic E-state index is 0.250. The van der Waals surface area contributed by atoms with Crippen molar-refractivity contribution in [2.24, 2.45) is 5.92 Å². The molecule has 2 saturated heterocycles. The van der Waals surface area contributed by atoms with Gasteiger partial charge >= 0.3 is 0 Å². The van der Waals surface area contributed by atoms with Gasteiger partial charge in [0.1, 0.15) is 0 Å². The second kappa shape index (κ2) is 10.5. The van der Waals surface area contributed by atoms with Crippen molar-refractivity contribution in [1.29, 1.82) is 0 Å². The lowest BCUT2D eigenvalue weighted by Gasteiger charge is -2.31. The van der Waals surface area contributed by atoms with Crippen LogP contribution in [0.1, 0.15) is 5.69 Å². The molecule has 0 saturated carbocycles. The zero-order valence-corrected chi connectivity index (χ0v) is 16.1. The van der Waals surface area contributed by atoms with Gasteiger partial charge in [0.15, 0.2) is 5.82 Å². The molecule has 0 radical (unpaired) electrons. The lowest BCUT2D eigenvalue weighted by atomic mass is 10.1. The topological polar surface area (TPSA) is 116 Å².